The first-order valence-electron chi connectivity index (χ1n) is 6.80. The van der Waals surface area contributed by atoms with Crippen LogP contribution in [-0.2, 0) is 9.59 Å². The van der Waals surface area contributed by atoms with Gasteiger partial charge in [-0.2, -0.15) is 18.4 Å². The predicted octanol–water partition coefficient (Wildman–Crippen LogP) is 1.21. The van der Waals surface area contributed by atoms with Crippen molar-refractivity contribution < 1.29 is 22.8 Å². The minimum Gasteiger partial charge on any atom is -0.346 e. The molecule has 2 rings (SSSR count). The SMILES string of the molecule is N#CC1CCN(C(=O)[C@@H](NC=O)C2(C(F)(F)F)CC2)CC1. The lowest BCUT2D eigenvalue weighted by Crippen LogP contribution is -2.56. The molecule has 1 heterocycles. The molecule has 0 aromatic carbocycles. The van der Waals surface area contributed by atoms with Gasteiger partial charge in [-0.1, -0.05) is 0 Å². The fourth-order valence-electron chi connectivity index (χ4n) is 2.82. The number of nitriles is 1. The summed E-state index contributed by atoms with van der Waals surface area (Å²) in [5, 5.41) is 10.9. The molecule has 1 atom stereocenters. The lowest BCUT2D eigenvalue weighted by molar-refractivity contribution is -0.199. The van der Waals surface area contributed by atoms with Crippen molar-refractivity contribution in [2.45, 2.75) is 37.9 Å². The molecule has 21 heavy (non-hydrogen) atoms. The molecule has 1 saturated heterocycles. The van der Waals surface area contributed by atoms with E-state index in [1.807, 2.05) is 0 Å². The average Bonchev–Trinajstić information content (AvgIpc) is 3.25. The first-order valence-corrected chi connectivity index (χ1v) is 6.80. The summed E-state index contributed by atoms with van der Waals surface area (Å²) in [7, 11) is 0. The minimum atomic E-state index is -4.52. The highest BCUT2D eigenvalue weighted by Gasteiger charge is 2.69. The second kappa shape index (κ2) is 5.54. The van der Waals surface area contributed by atoms with Gasteiger partial charge in [-0.15, -0.1) is 0 Å². The Bertz CT molecular complexity index is 460. The molecule has 0 unspecified atom stereocenters. The van der Waals surface area contributed by atoms with E-state index in [1.54, 1.807) is 0 Å². The fourth-order valence-corrected chi connectivity index (χ4v) is 2.82. The zero-order valence-electron chi connectivity index (χ0n) is 11.3. The number of likely N-dealkylation sites (tertiary alicyclic amines) is 1. The lowest BCUT2D eigenvalue weighted by Gasteiger charge is -2.35. The molecule has 0 aromatic rings. The van der Waals surface area contributed by atoms with Crippen LogP contribution in [0.25, 0.3) is 0 Å². The molecule has 0 radical (unpaired) electrons. The number of alkyl halides is 3. The van der Waals surface area contributed by atoms with Gasteiger partial charge in [0.1, 0.15) is 6.04 Å². The van der Waals surface area contributed by atoms with Crippen LogP contribution < -0.4 is 5.32 Å². The van der Waals surface area contributed by atoms with Gasteiger partial charge >= 0.3 is 6.18 Å². The third kappa shape index (κ3) is 2.82. The molecular formula is C13H16F3N3O2. The number of piperidine rings is 1. The molecule has 2 aliphatic rings. The first kappa shape index (κ1) is 15.6. The third-order valence-corrected chi connectivity index (χ3v) is 4.38. The van der Waals surface area contributed by atoms with Gasteiger partial charge in [-0.3, -0.25) is 9.59 Å². The summed E-state index contributed by atoms with van der Waals surface area (Å²) in [6, 6.07) is 0.533. The van der Waals surface area contributed by atoms with Crippen LogP contribution in [0.15, 0.2) is 0 Å². The van der Waals surface area contributed by atoms with E-state index >= 15 is 0 Å². The van der Waals surface area contributed by atoms with Crippen molar-refractivity contribution in [1.82, 2.24) is 10.2 Å². The zero-order valence-corrected chi connectivity index (χ0v) is 11.3. The molecule has 1 aliphatic carbocycles. The van der Waals surface area contributed by atoms with Gasteiger partial charge in [0.25, 0.3) is 0 Å². The highest BCUT2D eigenvalue weighted by Crippen LogP contribution is 2.60. The van der Waals surface area contributed by atoms with Gasteiger partial charge in [0.15, 0.2) is 0 Å². The van der Waals surface area contributed by atoms with Crippen LogP contribution >= 0.6 is 0 Å². The number of hydrogen-bond acceptors (Lipinski definition) is 3. The molecule has 0 aromatic heterocycles. The standard InChI is InChI=1S/C13H16F3N3O2/c14-13(15,16)12(3-4-12)10(18-8-20)11(21)19-5-1-9(7-17)2-6-19/h8-10H,1-6H2,(H,18,20)/t10-/m1/s1. The van der Waals surface area contributed by atoms with E-state index in [4.69, 9.17) is 5.26 Å². The third-order valence-electron chi connectivity index (χ3n) is 4.38. The van der Waals surface area contributed by atoms with Crippen molar-refractivity contribution in [3.05, 3.63) is 0 Å². The number of halogens is 3. The van der Waals surface area contributed by atoms with Gasteiger partial charge in [0, 0.05) is 19.0 Å². The Kier molecular flexibility index (Phi) is 4.12. The quantitative estimate of drug-likeness (QED) is 0.793. The summed E-state index contributed by atoms with van der Waals surface area (Å²) in [6.45, 7) is 0.504. The number of nitrogens with zero attached hydrogens (tertiary/aromatic N) is 2. The summed E-state index contributed by atoms with van der Waals surface area (Å²) in [5.74, 6) is -0.864. The lowest BCUT2D eigenvalue weighted by atomic mass is 9.92. The van der Waals surface area contributed by atoms with Gasteiger partial charge in [0.2, 0.25) is 12.3 Å². The van der Waals surface area contributed by atoms with Gasteiger partial charge in [0.05, 0.1) is 11.5 Å². The zero-order chi connectivity index (χ0) is 15.7. The molecule has 1 aliphatic heterocycles. The summed E-state index contributed by atoms with van der Waals surface area (Å²) in [5.41, 5.74) is -2.13. The molecule has 1 N–H and O–H groups in total. The molecule has 1 saturated carbocycles. The van der Waals surface area contributed by atoms with E-state index in [0.29, 0.717) is 12.8 Å². The number of amides is 2. The van der Waals surface area contributed by atoms with E-state index in [-0.39, 0.29) is 38.3 Å². The number of rotatable bonds is 4. The fraction of sp³-hybridized carbons (Fsp3) is 0.769. The summed E-state index contributed by atoms with van der Waals surface area (Å²) >= 11 is 0. The Morgan fingerprint density at radius 2 is 1.95 bits per heavy atom. The van der Waals surface area contributed by atoms with Crippen LogP contribution in [0.1, 0.15) is 25.7 Å². The predicted molar refractivity (Wildman–Crippen MR) is 65.6 cm³/mol. The van der Waals surface area contributed by atoms with E-state index in [9.17, 15) is 22.8 Å². The maximum Gasteiger partial charge on any atom is 0.396 e. The Morgan fingerprint density at radius 1 is 1.38 bits per heavy atom. The number of carbonyl (C=O) groups excluding carboxylic acids is 2. The number of carbonyl (C=O) groups is 2. The van der Waals surface area contributed by atoms with Crippen LogP contribution in [-0.4, -0.2) is 42.5 Å². The second-order valence-electron chi connectivity index (χ2n) is 5.60. The first-order chi connectivity index (χ1) is 9.85. The van der Waals surface area contributed by atoms with E-state index in [1.165, 1.54) is 4.90 Å². The van der Waals surface area contributed by atoms with E-state index in [2.05, 4.69) is 11.4 Å². The summed E-state index contributed by atoms with van der Waals surface area (Å²) < 4.78 is 39.4. The van der Waals surface area contributed by atoms with Gasteiger partial charge < -0.3 is 10.2 Å². The monoisotopic (exact) mass is 303 g/mol. The molecular weight excluding hydrogens is 287 g/mol. The van der Waals surface area contributed by atoms with Gasteiger partial charge in [-0.25, -0.2) is 0 Å². The van der Waals surface area contributed by atoms with Crippen molar-refractivity contribution in [2.75, 3.05) is 13.1 Å². The number of hydrogen-bond donors (Lipinski definition) is 1. The molecule has 2 amide bonds. The van der Waals surface area contributed by atoms with Crippen LogP contribution in [0.5, 0.6) is 0 Å². The van der Waals surface area contributed by atoms with Crippen molar-refractivity contribution in [3.63, 3.8) is 0 Å². The second-order valence-corrected chi connectivity index (χ2v) is 5.60. The Hall–Kier alpha value is -1.78. The summed E-state index contributed by atoms with van der Waals surface area (Å²) in [6.07, 6.45) is -3.76. The van der Waals surface area contributed by atoms with Crippen molar-refractivity contribution in [3.8, 4) is 6.07 Å². The molecule has 0 spiro atoms. The molecule has 116 valence electrons. The normalized spacial score (nSPS) is 23.0. The molecule has 0 bridgehead atoms. The Balaban J connectivity index is 2.11. The van der Waals surface area contributed by atoms with Crippen molar-refractivity contribution in [2.24, 2.45) is 11.3 Å². The highest BCUT2D eigenvalue weighted by atomic mass is 19.4. The van der Waals surface area contributed by atoms with Crippen molar-refractivity contribution in [1.29, 1.82) is 5.26 Å². The van der Waals surface area contributed by atoms with E-state index < -0.39 is 23.5 Å². The summed E-state index contributed by atoms with van der Waals surface area (Å²) in [4.78, 5) is 24.3. The smallest absolute Gasteiger partial charge is 0.346 e. The van der Waals surface area contributed by atoms with Crippen molar-refractivity contribution >= 4 is 12.3 Å². The topological polar surface area (TPSA) is 73.2 Å². The van der Waals surface area contributed by atoms with Crippen LogP contribution in [0.2, 0.25) is 0 Å². The minimum absolute atomic E-state index is 0.149. The molecule has 5 nitrogen and oxygen atoms in total. The molecule has 2 fully saturated rings. The maximum absolute atomic E-state index is 13.1. The molecule has 8 heteroatoms. The van der Waals surface area contributed by atoms with E-state index in [0.717, 1.165) is 0 Å². The maximum atomic E-state index is 13.1. The average molecular weight is 303 g/mol. The Labute approximate surface area is 120 Å². The largest absolute Gasteiger partial charge is 0.396 e. The van der Waals surface area contributed by atoms with Crippen LogP contribution in [0, 0.1) is 22.7 Å². The Morgan fingerprint density at radius 3 is 2.33 bits per heavy atom. The van der Waals surface area contributed by atoms with Gasteiger partial charge in [-0.05, 0) is 25.7 Å². The highest BCUT2D eigenvalue weighted by molar-refractivity contribution is 5.85. The number of nitrogens with one attached hydrogen (secondary N) is 1. The van der Waals surface area contributed by atoms with Crippen LogP contribution in [0.4, 0.5) is 13.2 Å². The van der Waals surface area contributed by atoms with Crippen LogP contribution in [0.3, 0.4) is 0 Å².